The van der Waals surface area contributed by atoms with Crippen LogP contribution in [-0.2, 0) is 18.0 Å². The van der Waals surface area contributed by atoms with Crippen LogP contribution in [0.4, 0.5) is 0 Å². The SMILES string of the molecule is C[Si](C)(C)OC[C@H]1O[C@H](O)[C@H](N)[C@@H](O[Si](C)(C)C)[C@@H]1O[Si](C)(C)C. The molecule has 0 aromatic heterocycles. The zero-order valence-corrected chi connectivity index (χ0v) is 19.8. The Labute approximate surface area is 150 Å². The Morgan fingerprint density at radius 1 is 0.833 bits per heavy atom. The Balaban J connectivity index is 3.05. The summed E-state index contributed by atoms with van der Waals surface area (Å²) in [5.41, 5.74) is 6.21. The van der Waals surface area contributed by atoms with Gasteiger partial charge in [-0.1, -0.05) is 0 Å². The molecule has 5 atom stereocenters. The summed E-state index contributed by atoms with van der Waals surface area (Å²) in [6.45, 7) is 19.5. The van der Waals surface area contributed by atoms with Crippen LogP contribution in [-0.4, -0.2) is 67.3 Å². The van der Waals surface area contributed by atoms with E-state index in [2.05, 4.69) is 58.9 Å². The maximum atomic E-state index is 10.3. The number of aliphatic hydroxyl groups excluding tert-OH is 1. The summed E-state index contributed by atoms with van der Waals surface area (Å²) in [5, 5.41) is 10.3. The van der Waals surface area contributed by atoms with E-state index in [1.807, 2.05) is 0 Å². The topological polar surface area (TPSA) is 83.2 Å². The second kappa shape index (κ2) is 7.97. The van der Waals surface area contributed by atoms with Crippen molar-refractivity contribution in [3.05, 3.63) is 0 Å². The fourth-order valence-corrected chi connectivity index (χ4v) is 5.39. The Morgan fingerprint density at radius 3 is 1.71 bits per heavy atom. The minimum atomic E-state index is -1.87. The van der Waals surface area contributed by atoms with Gasteiger partial charge in [0.15, 0.2) is 31.2 Å². The lowest BCUT2D eigenvalue weighted by molar-refractivity contribution is -0.240. The third kappa shape index (κ3) is 7.75. The molecule has 0 amide bonds. The van der Waals surface area contributed by atoms with Crippen LogP contribution in [0.15, 0.2) is 0 Å². The molecule has 1 fully saturated rings. The fraction of sp³-hybridized carbons (Fsp3) is 1.00. The molecule has 0 aromatic rings. The molecule has 0 bridgehead atoms. The summed E-state index contributed by atoms with van der Waals surface area (Å²) in [7, 11) is -5.43. The highest BCUT2D eigenvalue weighted by atomic mass is 28.4. The summed E-state index contributed by atoms with van der Waals surface area (Å²) in [4.78, 5) is 0. The van der Waals surface area contributed by atoms with Crippen LogP contribution in [0.5, 0.6) is 0 Å². The molecule has 1 heterocycles. The average molecular weight is 396 g/mol. The maximum absolute atomic E-state index is 10.3. The van der Waals surface area contributed by atoms with Crippen molar-refractivity contribution in [2.24, 2.45) is 5.73 Å². The van der Waals surface area contributed by atoms with Gasteiger partial charge in [-0.05, 0) is 58.9 Å². The number of rotatable bonds is 7. The number of hydrogen-bond donors (Lipinski definition) is 2. The van der Waals surface area contributed by atoms with Crippen molar-refractivity contribution in [2.45, 2.75) is 89.6 Å². The van der Waals surface area contributed by atoms with Gasteiger partial charge >= 0.3 is 0 Å². The maximum Gasteiger partial charge on any atom is 0.184 e. The fourth-order valence-electron chi connectivity index (χ4n) is 2.51. The first-order chi connectivity index (χ1) is 10.6. The highest BCUT2D eigenvalue weighted by Crippen LogP contribution is 2.29. The number of aliphatic hydroxyl groups is 1. The standard InChI is InChI=1S/C15H37NO5Si3/c1-22(2,3)18-10-11-13(20-23(4,5)6)14(21-24(7,8)9)12(16)15(17)19-11/h11-15,17H,10,16H2,1-9H3/t11-,12-,13-,14-,15+/m1/s1. The molecule has 0 aromatic carbocycles. The first kappa shape index (κ1) is 22.5. The quantitative estimate of drug-likeness (QED) is 0.644. The van der Waals surface area contributed by atoms with Crippen molar-refractivity contribution >= 4 is 25.0 Å². The second-order valence-corrected chi connectivity index (χ2v) is 22.9. The lowest BCUT2D eigenvalue weighted by atomic mass is 9.98. The van der Waals surface area contributed by atoms with Crippen LogP contribution < -0.4 is 5.73 Å². The zero-order valence-electron chi connectivity index (χ0n) is 16.8. The van der Waals surface area contributed by atoms with E-state index in [4.69, 9.17) is 23.7 Å². The molecule has 0 spiro atoms. The van der Waals surface area contributed by atoms with E-state index >= 15 is 0 Å². The van der Waals surface area contributed by atoms with Crippen LogP contribution in [0, 0.1) is 0 Å². The number of hydrogen-bond acceptors (Lipinski definition) is 6. The summed E-state index contributed by atoms with van der Waals surface area (Å²) in [6, 6.07) is -0.624. The van der Waals surface area contributed by atoms with Gasteiger partial charge in [0.2, 0.25) is 0 Å². The largest absolute Gasteiger partial charge is 0.415 e. The molecule has 0 saturated carbocycles. The van der Waals surface area contributed by atoms with Gasteiger partial charge in [0.05, 0.1) is 18.8 Å². The lowest BCUT2D eigenvalue weighted by Gasteiger charge is -2.47. The van der Waals surface area contributed by atoms with Crippen molar-refractivity contribution < 1.29 is 23.1 Å². The Kier molecular flexibility index (Phi) is 7.46. The summed E-state index contributed by atoms with van der Waals surface area (Å²) in [5.74, 6) is 0. The lowest BCUT2D eigenvalue weighted by Crippen LogP contribution is -2.66. The van der Waals surface area contributed by atoms with E-state index < -0.39 is 37.3 Å². The molecule has 0 aliphatic carbocycles. The van der Waals surface area contributed by atoms with Crippen LogP contribution in [0.2, 0.25) is 58.9 Å². The molecule has 0 unspecified atom stereocenters. The van der Waals surface area contributed by atoms with E-state index in [1.165, 1.54) is 0 Å². The Bertz CT molecular complexity index is 405. The smallest absolute Gasteiger partial charge is 0.184 e. The summed E-state index contributed by atoms with van der Waals surface area (Å²) in [6.07, 6.45) is -2.15. The van der Waals surface area contributed by atoms with Crippen molar-refractivity contribution in [3.8, 4) is 0 Å². The molecular weight excluding hydrogens is 358 g/mol. The van der Waals surface area contributed by atoms with Crippen molar-refractivity contribution in [1.82, 2.24) is 0 Å². The zero-order chi connectivity index (χ0) is 18.9. The molecule has 3 N–H and O–H groups in total. The van der Waals surface area contributed by atoms with Crippen LogP contribution in [0.25, 0.3) is 0 Å². The monoisotopic (exact) mass is 395 g/mol. The van der Waals surface area contributed by atoms with E-state index in [0.29, 0.717) is 6.61 Å². The first-order valence-corrected chi connectivity index (χ1v) is 18.9. The molecule has 1 aliphatic rings. The molecular formula is C15H37NO5Si3. The molecule has 1 rings (SSSR count). The molecule has 1 aliphatic heterocycles. The van der Waals surface area contributed by atoms with Crippen molar-refractivity contribution in [2.75, 3.05) is 6.61 Å². The second-order valence-electron chi connectivity index (χ2n) is 9.46. The first-order valence-electron chi connectivity index (χ1n) is 8.68. The predicted molar refractivity (Wildman–Crippen MR) is 105 cm³/mol. The Hall–Kier alpha value is 0.411. The third-order valence-electron chi connectivity index (χ3n) is 3.37. The summed E-state index contributed by atoms with van der Waals surface area (Å²) < 4.78 is 24.5. The Morgan fingerprint density at radius 2 is 1.29 bits per heavy atom. The molecule has 24 heavy (non-hydrogen) atoms. The van der Waals surface area contributed by atoms with Gasteiger partial charge in [0.25, 0.3) is 0 Å². The highest BCUT2D eigenvalue weighted by molar-refractivity contribution is 6.70. The molecule has 6 nitrogen and oxygen atoms in total. The normalized spacial score (nSPS) is 32.9. The van der Waals surface area contributed by atoms with E-state index in [1.54, 1.807) is 0 Å². The van der Waals surface area contributed by atoms with E-state index in [-0.39, 0.29) is 18.3 Å². The predicted octanol–water partition coefficient (Wildman–Crippen LogP) is 2.32. The van der Waals surface area contributed by atoms with Crippen LogP contribution in [0.3, 0.4) is 0 Å². The molecule has 1 saturated heterocycles. The van der Waals surface area contributed by atoms with Crippen molar-refractivity contribution in [1.29, 1.82) is 0 Å². The minimum Gasteiger partial charge on any atom is -0.415 e. The van der Waals surface area contributed by atoms with Gasteiger partial charge in [-0.2, -0.15) is 0 Å². The summed E-state index contributed by atoms with van der Waals surface area (Å²) >= 11 is 0. The van der Waals surface area contributed by atoms with Gasteiger partial charge in [-0.25, -0.2) is 0 Å². The minimum absolute atomic E-state index is 0.321. The third-order valence-corrected chi connectivity index (χ3v) is 6.36. The van der Waals surface area contributed by atoms with Crippen molar-refractivity contribution in [3.63, 3.8) is 0 Å². The van der Waals surface area contributed by atoms with Gasteiger partial charge in [-0.15, -0.1) is 0 Å². The van der Waals surface area contributed by atoms with Crippen LogP contribution >= 0.6 is 0 Å². The number of ether oxygens (including phenoxy) is 1. The molecule has 144 valence electrons. The number of nitrogens with two attached hydrogens (primary N) is 1. The van der Waals surface area contributed by atoms with Gasteiger partial charge in [0, 0.05) is 0 Å². The molecule has 0 radical (unpaired) electrons. The van der Waals surface area contributed by atoms with Gasteiger partial charge in [-0.3, -0.25) is 0 Å². The average Bonchev–Trinajstić information content (AvgIpc) is 2.32. The molecule has 9 heteroatoms. The van der Waals surface area contributed by atoms with E-state index in [0.717, 1.165) is 0 Å². The van der Waals surface area contributed by atoms with E-state index in [9.17, 15) is 5.11 Å². The van der Waals surface area contributed by atoms with Gasteiger partial charge < -0.3 is 28.9 Å². The van der Waals surface area contributed by atoms with Gasteiger partial charge in [0.1, 0.15) is 12.2 Å². The highest BCUT2D eigenvalue weighted by Gasteiger charge is 2.48. The van der Waals surface area contributed by atoms with Crippen LogP contribution in [0.1, 0.15) is 0 Å².